The molecule has 2 aromatic carbocycles. The van der Waals surface area contributed by atoms with Gasteiger partial charge in [0.15, 0.2) is 0 Å². The van der Waals surface area contributed by atoms with Crippen molar-refractivity contribution in [1.29, 1.82) is 0 Å². The standard InChI is InChI=1S/C22H26Cl2N2O4S/c1-3-30-21-11-10-19(13-20(21)24)31(28,29)26-12-4-5-17(14-26)22(27)25-15(2)16-6-8-18(23)9-7-16/h6-11,13,15,17H,3-5,12,14H2,1-2H3,(H,25,27). The van der Waals surface area contributed by atoms with Gasteiger partial charge in [0.05, 0.1) is 28.5 Å². The van der Waals surface area contributed by atoms with Crippen LogP contribution in [0.2, 0.25) is 10.0 Å². The van der Waals surface area contributed by atoms with E-state index in [-0.39, 0.29) is 28.4 Å². The third kappa shape index (κ3) is 5.71. The van der Waals surface area contributed by atoms with Crippen LogP contribution in [0.5, 0.6) is 5.75 Å². The number of carbonyl (C=O) groups excluding carboxylic acids is 1. The lowest BCUT2D eigenvalue weighted by atomic mass is 9.98. The number of hydrogen-bond donors (Lipinski definition) is 1. The van der Waals surface area contributed by atoms with E-state index in [0.29, 0.717) is 36.8 Å². The van der Waals surface area contributed by atoms with E-state index in [2.05, 4.69) is 5.32 Å². The van der Waals surface area contributed by atoms with Crippen LogP contribution in [0.15, 0.2) is 47.4 Å². The van der Waals surface area contributed by atoms with E-state index >= 15 is 0 Å². The number of hydrogen-bond acceptors (Lipinski definition) is 4. The van der Waals surface area contributed by atoms with Gasteiger partial charge in [-0.2, -0.15) is 4.31 Å². The van der Waals surface area contributed by atoms with Gasteiger partial charge in [0, 0.05) is 18.1 Å². The van der Waals surface area contributed by atoms with Gasteiger partial charge in [0.25, 0.3) is 0 Å². The minimum absolute atomic E-state index is 0.0940. The first-order chi connectivity index (χ1) is 14.7. The minimum Gasteiger partial charge on any atom is -0.492 e. The topological polar surface area (TPSA) is 75.7 Å². The van der Waals surface area contributed by atoms with Crippen LogP contribution in [0.4, 0.5) is 0 Å². The summed E-state index contributed by atoms with van der Waals surface area (Å²) in [5.41, 5.74) is 0.932. The molecule has 3 rings (SSSR count). The summed E-state index contributed by atoms with van der Waals surface area (Å²) in [6.07, 6.45) is 1.24. The van der Waals surface area contributed by atoms with E-state index in [4.69, 9.17) is 27.9 Å². The van der Waals surface area contributed by atoms with E-state index in [1.807, 2.05) is 26.0 Å². The second-order valence-corrected chi connectivity index (χ2v) is 10.3. The van der Waals surface area contributed by atoms with Gasteiger partial charge in [0.1, 0.15) is 5.75 Å². The van der Waals surface area contributed by atoms with Crippen molar-refractivity contribution in [2.24, 2.45) is 5.92 Å². The van der Waals surface area contributed by atoms with Crippen molar-refractivity contribution in [2.45, 2.75) is 37.6 Å². The number of ether oxygens (including phenoxy) is 1. The highest BCUT2D eigenvalue weighted by molar-refractivity contribution is 7.89. The molecule has 1 fully saturated rings. The number of nitrogens with one attached hydrogen (secondary N) is 1. The maximum absolute atomic E-state index is 13.1. The number of carbonyl (C=O) groups is 1. The predicted octanol–water partition coefficient (Wildman–Crippen LogP) is 4.67. The molecule has 1 aliphatic rings. The van der Waals surface area contributed by atoms with Crippen LogP contribution in [0, 0.1) is 5.92 Å². The lowest BCUT2D eigenvalue weighted by molar-refractivity contribution is -0.126. The number of piperidine rings is 1. The molecule has 1 aliphatic heterocycles. The lowest BCUT2D eigenvalue weighted by Crippen LogP contribution is -2.45. The van der Waals surface area contributed by atoms with Crippen molar-refractivity contribution in [3.05, 3.63) is 58.1 Å². The first-order valence-electron chi connectivity index (χ1n) is 10.2. The van der Waals surface area contributed by atoms with Gasteiger partial charge in [0.2, 0.25) is 15.9 Å². The lowest BCUT2D eigenvalue weighted by Gasteiger charge is -2.32. The number of sulfonamides is 1. The molecule has 2 unspecified atom stereocenters. The third-order valence-corrected chi connectivity index (χ3v) is 7.73. The highest BCUT2D eigenvalue weighted by Gasteiger charge is 2.34. The van der Waals surface area contributed by atoms with Crippen LogP contribution in [-0.4, -0.2) is 38.3 Å². The largest absolute Gasteiger partial charge is 0.492 e. The maximum atomic E-state index is 13.1. The Bertz CT molecular complexity index is 1030. The first kappa shape index (κ1) is 23.9. The van der Waals surface area contributed by atoms with Gasteiger partial charge < -0.3 is 10.1 Å². The maximum Gasteiger partial charge on any atom is 0.243 e. The molecule has 0 bridgehead atoms. The molecule has 0 saturated carbocycles. The Morgan fingerprint density at radius 2 is 1.94 bits per heavy atom. The number of nitrogens with zero attached hydrogens (tertiary/aromatic N) is 1. The summed E-state index contributed by atoms with van der Waals surface area (Å²) in [5.74, 6) is -0.140. The molecular formula is C22H26Cl2N2O4S. The van der Waals surface area contributed by atoms with Crippen molar-refractivity contribution >= 4 is 39.1 Å². The Morgan fingerprint density at radius 3 is 2.58 bits per heavy atom. The molecule has 0 aromatic heterocycles. The second kappa shape index (κ2) is 10.2. The normalized spacial score (nSPS) is 18.4. The minimum atomic E-state index is -3.77. The van der Waals surface area contributed by atoms with Crippen LogP contribution in [-0.2, 0) is 14.8 Å². The average molecular weight is 485 g/mol. The fourth-order valence-electron chi connectivity index (χ4n) is 3.60. The molecule has 1 amide bonds. The van der Waals surface area contributed by atoms with Crippen LogP contribution < -0.4 is 10.1 Å². The smallest absolute Gasteiger partial charge is 0.243 e. The monoisotopic (exact) mass is 484 g/mol. The van der Waals surface area contributed by atoms with Gasteiger partial charge in [-0.05, 0) is 62.6 Å². The number of rotatable bonds is 7. The number of halogens is 2. The van der Waals surface area contributed by atoms with Crippen LogP contribution >= 0.6 is 23.2 Å². The Morgan fingerprint density at radius 1 is 1.23 bits per heavy atom. The number of benzene rings is 2. The molecule has 1 heterocycles. The molecule has 6 nitrogen and oxygen atoms in total. The Kier molecular flexibility index (Phi) is 7.86. The van der Waals surface area contributed by atoms with Gasteiger partial charge in [-0.3, -0.25) is 4.79 Å². The van der Waals surface area contributed by atoms with E-state index in [9.17, 15) is 13.2 Å². The Hall–Kier alpha value is -1.80. The molecule has 1 N–H and O–H groups in total. The van der Waals surface area contributed by atoms with Crippen molar-refractivity contribution in [1.82, 2.24) is 9.62 Å². The summed E-state index contributed by atoms with van der Waals surface area (Å²) < 4.78 is 33.0. The first-order valence-corrected chi connectivity index (χ1v) is 12.4. The van der Waals surface area contributed by atoms with Crippen LogP contribution in [0.1, 0.15) is 38.3 Å². The van der Waals surface area contributed by atoms with Crippen LogP contribution in [0.25, 0.3) is 0 Å². The average Bonchev–Trinajstić information content (AvgIpc) is 2.75. The molecule has 0 aliphatic carbocycles. The molecule has 9 heteroatoms. The van der Waals surface area contributed by atoms with Gasteiger partial charge in [-0.25, -0.2) is 8.42 Å². The molecule has 2 aromatic rings. The summed E-state index contributed by atoms with van der Waals surface area (Å²) in [4.78, 5) is 12.9. The molecule has 0 spiro atoms. The molecule has 0 radical (unpaired) electrons. The molecule has 168 valence electrons. The number of amides is 1. The van der Waals surface area contributed by atoms with Crippen molar-refractivity contribution < 1.29 is 17.9 Å². The van der Waals surface area contributed by atoms with E-state index < -0.39 is 15.9 Å². The predicted molar refractivity (Wildman–Crippen MR) is 122 cm³/mol. The van der Waals surface area contributed by atoms with Crippen molar-refractivity contribution in [3.8, 4) is 5.75 Å². The quantitative estimate of drug-likeness (QED) is 0.619. The molecule has 31 heavy (non-hydrogen) atoms. The zero-order valence-corrected chi connectivity index (χ0v) is 19.8. The van der Waals surface area contributed by atoms with Crippen molar-refractivity contribution in [3.63, 3.8) is 0 Å². The Balaban J connectivity index is 1.69. The zero-order chi connectivity index (χ0) is 22.6. The molecular weight excluding hydrogens is 459 g/mol. The fraction of sp³-hybridized carbons (Fsp3) is 0.409. The highest BCUT2D eigenvalue weighted by atomic mass is 35.5. The summed E-state index contributed by atoms with van der Waals surface area (Å²) in [7, 11) is -3.77. The Labute approximate surface area is 193 Å². The zero-order valence-electron chi connectivity index (χ0n) is 17.5. The molecule has 1 saturated heterocycles. The second-order valence-electron chi connectivity index (χ2n) is 7.51. The van der Waals surface area contributed by atoms with Crippen molar-refractivity contribution in [2.75, 3.05) is 19.7 Å². The third-order valence-electron chi connectivity index (χ3n) is 5.32. The summed E-state index contributed by atoms with van der Waals surface area (Å²) in [6.45, 7) is 4.65. The van der Waals surface area contributed by atoms with E-state index in [1.54, 1.807) is 18.2 Å². The molecule has 2 atom stereocenters. The van der Waals surface area contributed by atoms with Gasteiger partial charge in [-0.15, -0.1) is 0 Å². The summed E-state index contributed by atoms with van der Waals surface area (Å²) in [6, 6.07) is 11.5. The van der Waals surface area contributed by atoms with Gasteiger partial charge >= 0.3 is 0 Å². The summed E-state index contributed by atoms with van der Waals surface area (Å²) in [5, 5.41) is 3.86. The van der Waals surface area contributed by atoms with E-state index in [0.717, 1.165) is 5.56 Å². The highest BCUT2D eigenvalue weighted by Crippen LogP contribution is 2.30. The van der Waals surface area contributed by atoms with E-state index in [1.165, 1.54) is 16.4 Å². The van der Waals surface area contributed by atoms with Crippen LogP contribution in [0.3, 0.4) is 0 Å². The SMILES string of the molecule is CCOc1ccc(S(=O)(=O)N2CCCC(C(=O)NC(C)c3ccc(Cl)cc3)C2)cc1Cl. The fourth-order valence-corrected chi connectivity index (χ4v) is 5.58. The summed E-state index contributed by atoms with van der Waals surface area (Å²) >= 11 is 12.1. The van der Waals surface area contributed by atoms with Gasteiger partial charge in [-0.1, -0.05) is 35.3 Å².